The van der Waals surface area contributed by atoms with E-state index in [1.807, 2.05) is 36.4 Å². The number of alkyl carbamates (subject to hydrolysis) is 1. The van der Waals surface area contributed by atoms with Crippen LogP contribution in [0.5, 0.6) is 0 Å². The van der Waals surface area contributed by atoms with Crippen LogP contribution in [0.25, 0.3) is 11.1 Å². The molecule has 2 aromatic rings. The summed E-state index contributed by atoms with van der Waals surface area (Å²) in [6.45, 7) is 2.42. The van der Waals surface area contributed by atoms with Crippen LogP contribution in [0.4, 0.5) is 4.79 Å². The molecule has 0 radical (unpaired) electrons. The van der Waals surface area contributed by atoms with Gasteiger partial charge in [-0.1, -0.05) is 54.6 Å². The molecular formula is C24H26N2O6. The highest BCUT2D eigenvalue weighted by molar-refractivity contribution is 5.93. The van der Waals surface area contributed by atoms with Crippen LogP contribution in [0.1, 0.15) is 30.9 Å². The largest absolute Gasteiger partial charge is 0.479 e. The molecule has 8 nitrogen and oxygen atoms in total. The predicted octanol–water partition coefficient (Wildman–Crippen LogP) is 2.42. The maximum atomic E-state index is 12.1. The van der Waals surface area contributed by atoms with Gasteiger partial charge in [-0.3, -0.25) is 4.79 Å². The number of carbonyl (C=O) groups is 3. The first-order valence-electron chi connectivity index (χ1n) is 10.2. The highest BCUT2D eigenvalue weighted by Gasteiger charge is 2.30. The molecule has 168 valence electrons. The fourth-order valence-corrected chi connectivity index (χ4v) is 3.50. The summed E-state index contributed by atoms with van der Waals surface area (Å²) in [6, 6.07) is 16.1. The number of carboxylic acid groups (broad SMARTS) is 1. The molecule has 1 unspecified atom stereocenters. The van der Waals surface area contributed by atoms with Crippen molar-refractivity contribution in [2.24, 2.45) is 0 Å². The molecule has 0 spiro atoms. The Morgan fingerprint density at radius 2 is 1.59 bits per heavy atom. The van der Waals surface area contributed by atoms with Crippen LogP contribution < -0.4 is 10.6 Å². The fraction of sp³-hybridized carbons (Fsp3) is 0.292. The van der Waals surface area contributed by atoms with Gasteiger partial charge < -0.3 is 25.6 Å². The molecular weight excluding hydrogens is 412 g/mol. The molecule has 0 fully saturated rings. The Balaban J connectivity index is 1.50. The fourth-order valence-electron chi connectivity index (χ4n) is 3.50. The zero-order valence-electron chi connectivity index (χ0n) is 17.9. The lowest BCUT2D eigenvalue weighted by molar-refractivity contribution is -0.156. The van der Waals surface area contributed by atoms with E-state index in [-0.39, 0.29) is 24.6 Å². The lowest BCUT2D eigenvalue weighted by atomic mass is 9.98. The third-order valence-electron chi connectivity index (χ3n) is 5.41. The lowest BCUT2D eigenvalue weighted by Crippen LogP contribution is -2.46. The van der Waals surface area contributed by atoms with Crippen LogP contribution in [0.3, 0.4) is 0 Å². The SMILES string of the molecule is C/C(=C\CNC(=O)OCC1c2ccccc2-c2ccccc21)C(=O)NCC(C)(O)C(=O)O. The summed E-state index contributed by atoms with van der Waals surface area (Å²) in [5.41, 5.74) is 2.73. The quantitative estimate of drug-likeness (QED) is 0.469. The van der Waals surface area contributed by atoms with Gasteiger partial charge >= 0.3 is 12.1 Å². The smallest absolute Gasteiger partial charge is 0.407 e. The Hall–Kier alpha value is -3.65. The molecule has 0 heterocycles. The molecule has 2 amide bonds. The van der Waals surface area contributed by atoms with Crippen molar-refractivity contribution < 1.29 is 29.3 Å². The first kappa shape index (κ1) is 23.0. The number of aliphatic carboxylic acids is 1. The van der Waals surface area contributed by atoms with E-state index in [4.69, 9.17) is 9.84 Å². The number of ether oxygens (including phenoxy) is 1. The normalized spacial score (nSPS) is 14.7. The zero-order valence-corrected chi connectivity index (χ0v) is 17.9. The summed E-state index contributed by atoms with van der Waals surface area (Å²) in [6.07, 6.45) is 0.872. The third kappa shape index (κ3) is 5.15. The van der Waals surface area contributed by atoms with Gasteiger partial charge in [0.05, 0.1) is 6.54 Å². The number of amides is 2. The lowest BCUT2D eigenvalue weighted by Gasteiger charge is -2.18. The Morgan fingerprint density at radius 1 is 1.03 bits per heavy atom. The summed E-state index contributed by atoms with van der Waals surface area (Å²) in [4.78, 5) is 35.0. The maximum absolute atomic E-state index is 12.1. The maximum Gasteiger partial charge on any atom is 0.407 e. The van der Waals surface area contributed by atoms with Crippen molar-refractivity contribution in [3.05, 3.63) is 71.3 Å². The van der Waals surface area contributed by atoms with Crippen LogP contribution in [0.2, 0.25) is 0 Å². The van der Waals surface area contributed by atoms with Gasteiger partial charge in [-0.25, -0.2) is 9.59 Å². The standard InChI is InChI=1S/C24H26N2O6/c1-15(21(27)26-14-24(2,31)22(28)29)11-12-25-23(30)32-13-20-18-9-5-3-7-16(18)17-8-4-6-10-19(17)20/h3-11,20,31H,12-14H2,1-2H3,(H,25,30)(H,26,27)(H,28,29)/b15-11+. The van der Waals surface area contributed by atoms with Crippen molar-refractivity contribution in [2.75, 3.05) is 19.7 Å². The van der Waals surface area contributed by atoms with Crippen LogP contribution in [-0.2, 0) is 14.3 Å². The summed E-state index contributed by atoms with van der Waals surface area (Å²) in [7, 11) is 0. The van der Waals surface area contributed by atoms with E-state index in [0.29, 0.717) is 0 Å². The van der Waals surface area contributed by atoms with Crippen molar-refractivity contribution in [2.45, 2.75) is 25.4 Å². The number of aliphatic hydroxyl groups is 1. The number of carbonyl (C=O) groups excluding carboxylic acids is 2. The second kappa shape index (κ2) is 9.65. The van der Waals surface area contributed by atoms with Gasteiger partial charge in [0, 0.05) is 18.0 Å². The molecule has 0 saturated heterocycles. The van der Waals surface area contributed by atoms with Crippen molar-refractivity contribution in [3.63, 3.8) is 0 Å². The highest BCUT2D eigenvalue weighted by Crippen LogP contribution is 2.44. The topological polar surface area (TPSA) is 125 Å². The Morgan fingerprint density at radius 3 is 2.16 bits per heavy atom. The Labute approximate surface area is 185 Å². The average Bonchev–Trinajstić information content (AvgIpc) is 3.09. The molecule has 0 bridgehead atoms. The van der Waals surface area contributed by atoms with Crippen LogP contribution in [-0.4, -0.2) is 53.5 Å². The zero-order chi connectivity index (χ0) is 23.3. The molecule has 1 aliphatic rings. The van der Waals surface area contributed by atoms with Crippen LogP contribution in [0, 0.1) is 0 Å². The van der Waals surface area contributed by atoms with Crippen molar-refractivity contribution >= 4 is 18.0 Å². The van der Waals surface area contributed by atoms with Gasteiger partial charge in [-0.15, -0.1) is 0 Å². The van der Waals surface area contributed by atoms with E-state index in [1.165, 1.54) is 13.0 Å². The van der Waals surface area contributed by atoms with E-state index in [0.717, 1.165) is 29.2 Å². The number of hydrogen-bond donors (Lipinski definition) is 4. The molecule has 32 heavy (non-hydrogen) atoms. The van der Waals surface area contributed by atoms with Gasteiger partial charge in [-0.05, 0) is 36.1 Å². The first-order chi connectivity index (χ1) is 15.2. The van der Waals surface area contributed by atoms with Crippen LogP contribution >= 0.6 is 0 Å². The number of hydrogen-bond acceptors (Lipinski definition) is 5. The number of benzene rings is 2. The highest BCUT2D eigenvalue weighted by atomic mass is 16.5. The summed E-state index contributed by atoms with van der Waals surface area (Å²) in [5.74, 6) is -2.02. The van der Waals surface area contributed by atoms with Gasteiger partial charge in [0.15, 0.2) is 5.60 Å². The number of fused-ring (bicyclic) bond motifs is 3. The third-order valence-corrected chi connectivity index (χ3v) is 5.41. The van der Waals surface area contributed by atoms with Gasteiger partial charge in [0.1, 0.15) is 6.61 Å². The molecule has 2 aromatic carbocycles. The number of nitrogens with one attached hydrogen (secondary N) is 2. The Kier molecular flexibility index (Phi) is 6.95. The van der Waals surface area contributed by atoms with E-state index < -0.39 is 30.1 Å². The molecule has 1 atom stereocenters. The van der Waals surface area contributed by atoms with Gasteiger partial charge in [0.25, 0.3) is 0 Å². The molecule has 0 aliphatic heterocycles. The first-order valence-corrected chi connectivity index (χ1v) is 10.2. The summed E-state index contributed by atoms with van der Waals surface area (Å²) >= 11 is 0. The van der Waals surface area contributed by atoms with Crippen molar-refractivity contribution in [1.82, 2.24) is 10.6 Å². The minimum Gasteiger partial charge on any atom is -0.479 e. The molecule has 1 aliphatic carbocycles. The molecule has 0 aromatic heterocycles. The van der Waals surface area contributed by atoms with Gasteiger partial charge in [-0.2, -0.15) is 0 Å². The summed E-state index contributed by atoms with van der Waals surface area (Å²) in [5, 5.41) is 23.4. The molecule has 4 N–H and O–H groups in total. The number of rotatable bonds is 8. The number of carboxylic acids is 1. The average molecular weight is 438 g/mol. The Bertz CT molecular complexity index is 1010. The van der Waals surface area contributed by atoms with E-state index in [2.05, 4.69) is 22.8 Å². The summed E-state index contributed by atoms with van der Waals surface area (Å²) < 4.78 is 5.42. The van der Waals surface area contributed by atoms with E-state index in [9.17, 15) is 19.5 Å². The monoisotopic (exact) mass is 438 g/mol. The molecule has 8 heteroatoms. The minimum absolute atomic E-state index is 0.0433. The van der Waals surface area contributed by atoms with E-state index >= 15 is 0 Å². The second-order valence-corrected chi connectivity index (χ2v) is 7.86. The molecule has 3 rings (SSSR count). The van der Waals surface area contributed by atoms with Crippen molar-refractivity contribution in [3.8, 4) is 11.1 Å². The van der Waals surface area contributed by atoms with E-state index in [1.54, 1.807) is 0 Å². The van der Waals surface area contributed by atoms with Crippen molar-refractivity contribution in [1.29, 1.82) is 0 Å². The second-order valence-electron chi connectivity index (χ2n) is 7.86. The minimum atomic E-state index is -2.06. The van der Waals surface area contributed by atoms with Crippen LogP contribution in [0.15, 0.2) is 60.2 Å². The van der Waals surface area contributed by atoms with Gasteiger partial charge in [0.2, 0.25) is 5.91 Å². The molecule has 0 saturated carbocycles. The predicted molar refractivity (Wildman–Crippen MR) is 118 cm³/mol.